The SMILES string of the molecule is CO/N=C(\c1cc(C)c(Nc2ccnc(Nc3ccc(C#N)cc3)n2)c(C)c1)C(C)C.[HH].[HH]. The highest BCUT2D eigenvalue weighted by Gasteiger charge is 2.14. The number of hydrogen-bond donors (Lipinski definition) is 2. The molecule has 0 unspecified atom stereocenters. The maximum atomic E-state index is 8.92. The van der Waals surface area contributed by atoms with Crippen LogP contribution in [0, 0.1) is 31.1 Å². The third-order valence-corrected chi connectivity index (χ3v) is 4.74. The molecule has 0 aliphatic heterocycles. The molecule has 0 spiro atoms. The third kappa shape index (κ3) is 5.37. The van der Waals surface area contributed by atoms with Crippen molar-refractivity contribution < 1.29 is 7.69 Å². The summed E-state index contributed by atoms with van der Waals surface area (Å²) in [5.41, 5.74) is 6.53. The molecule has 162 valence electrons. The van der Waals surface area contributed by atoms with Gasteiger partial charge >= 0.3 is 0 Å². The zero-order valence-electron chi connectivity index (χ0n) is 18.4. The quantitative estimate of drug-likeness (QED) is 0.363. The largest absolute Gasteiger partial charge is 0.399 e. The Morgan fingerprint density at radius 1 is 1.10 bits per heavy atom. The minimum Gasteiger partial charge on any atom is -0.399 e. The van der Waals surface area contributed by atoms with Crippen LogP contribution in [0.15, 0.2) is 53.8 Å². The first-order valence-electron chi connectivity index (χ1n) is 10.0. The van der Waals surface area contributed by atoms with Crippen molar-refractivity contribution in [2.45, 2.75) is 27.7 Å². The van der Waals surface area contributed by atoms with Crippen LogP contribution in [-0.2, 0) is 4.84 Å². The van der Waals surface area contributed by atoms with E-state index in [4.69, 9.17) is 10.1 Å². The molecule has 0 saturated heterocycles. The Hall–Kier alpha value is -3.92. The monoisotopic (exact) mass is 418 g/mol. The second kappa shape index (κ2) is 9.72. The average molecular weight is 419 g/mol. The molecular formula is C24H30N6O. The highest BCUT2D eigenvalue weighted by Crippen LogP contribution is 2.27. The van der Waals surface area contributed by atoms with E-state index in [0.717, 1.165) is 33.8 Å². The van der Waals surface area contributed by atoms with Gasteiger partial charge in [0, 0.05) is 26.0 Å². The summed E-state index contributed by atoms with van der Waals surface area (Å²) >= 11 is 0. The van der Waals surface area contributed by atoms with Gasteiger partial charge in [0.25, 0.3) is 0 Å². The molecule has 2 N–H and O–H groups in total. The molecule has 7 nitrogen and oxygen atoms in total. The first-order valence-corrected chi connectivity index (χ1v) is 10.0. The molecule has 2 aromatic carbocycles. The number of hydrogen-bond acceptors (Lipinski definition) is 7. The van der Waals surface area contributed by atoms with Gasteiger partial charge in [0.05, 0.1) is 17.3 Å². The fraction of sp³-hybridized carbons (Fsp3) is 0.250. The number of aryl methyl sites for hydroxylation is 2. The minimum absolute atomic E-state index is 0. The lowest BCUT2D eigenvalue weighted by atomic mass is 9.95. The third-order valence-electron chi connectivity index (χ3n) is 4.74. The Kier molecular flexibility index (Phi) is 6.83. The zero-order valence-corrected chi connectivity index (χ0v) is 18.4. The van der Waals surface area contributed by atoms with Crippen LogP contribution in [-0.4, -0.2) is 22.8 Å². The number of nitrogens with one attached hydrogen (secondary N) is 2. The number of benzene rings is 2. The van der Waals surface area contributed by atoms with Crippen LogP contribution < -0.4 is 10.6 Å². The van der Waals surface area contributed by atoms with Crippen molar-refractivity contribution >= 4 is 28.9 Å². The van der Waals surface area contributed by atoms with Crippen LogP contribution in [0.5, 0.6) is 0 Å². The van der Waals surface area contributed by atoms with E-state index < -0.39 is 0 Å². The van der Waals surface area contributed by atoms with E-state index >= 15 is 0 Å². The lowest BCUT2D eigenvalue weighted by Gasteiger charge is -2.17. The fourth-order valence-corrected chi connectivity index (χ4v) is 3.27. The summed E-state index contributed by atoms with van der Waals surface area (Å²) in [5, 5.41) is 19.7. The van der Waals surface area contributed by atoms with E-state index in [0.29, 0.717) is 17.3 Å². The molecule has 0 saturated carbocycles. The molecule has 3 rings (SSSR count). The molecule has 31 heavy (non-hydrogen) atoms. The normalized spacial score (nSPS) is 11.2. The summed E-state index contributed by atoms with van der Waals surface area (Å²) < 4.78 is 0. The van der Waals surface area contributed by atoms with Crippen molar-refractivity contribution in [2.24, 2.45) is 11.1 Å². The van der Waals surface area contributed by atoms with E-state index in [1.165, 1.54) is 0 Å². The molecule has 0 fully saturated rings. The molecule has 0 atom stereocenters. The number of anilines is 4. The molecule has 1 aromatic heterocycles. The molecule has 1 heterocycles. The summed E-state index contributed by atoms with van der Waals surface area (Å²) in [6.45, 7) is 8.30. The Morgan fingerprint density at radius 2 is 1.77 bits per heavy atom. The smallest absolute Gasteiger partial charge is 0.229 e. The molecule has 0 aliphatic carbocycles. The van der Waals surface area contributed by atoms with Gasteiger partial charge in [-0.3, -0.25) is 0 Å². The van der Waals surface area contributed by atoms with Crippen LogP contribution in [0.3, 0.4) is 0 Å². The Labute approximate surface area is 185 Å². The fourth-order valence-electron chi connectivity index (χ4n) is 3.27. The van der Waals surface area contributed by atoms with Crippen LogP contribution >= 0.6 is 0 Å². The molecule has 0 radical (unpaired) electrons. The summed E-state index contributed by atoms with van der Waals surface area (Å²) in [4.78, 5) is 13.9. The van der Waals surface area contributed by atoms with Crippen LogP contribution in [0.1, 0.15) is 39.0 Å². The maximum absolute atomic E-state index is 8.92. The van der Waals surface area contributed by atoms with Crippen LogP contribution in [0.25, 0.3) is 0 Å². The van der Waals surface area contributed by atoms with Gasteiger partial charge in [0.1, 0.15) is 12.9 Å². The molecular weight excluding hydrogens is 388 g/mol. The second-order valence-electron chi connectivity index (χ2n) is 7.50. The summed E-state index contributed by atoms with van der Waals surface area (Å²) in [6.07, 6.45) is 1.70. The minimum atomic E-state index is 0. The van der Waals surface area contributed by atoms with Crippen LogP contribution in [0.4, 0.5) is 23.1 Å². The van der Waals surface area contributed by atoms with Crippen molar-refractivity contribution in [3.63, 3.8) is 0 Å². The van der Waals surface area contributed by atoms with Gasteiger partial charge < -0.3 is 15.5 Å². The van der Waals surface area contributed by atoms with E-state index in [9.17, 15) is 0 Å². The molecule has 7 heteroatoms. The molecule has 0 amide bonds. The molecule has 0 bridgehead atoms. The Bertz CT molecular complexity index is 1120. The lowest BCUT2D eigenvalue weighted by Crippen LogP contribution is -2.11. The molecule has 3 aromatic rings. The standard InChI is InChI=1S/C24H26N6O.2H2/c1-15(2)22(30-31-5)19-12-16(3)23(17(4)13-19)28-21-10-11-26-24(29-21)27-20-8-6-18(14-25)7-9-20;;/h6-13,15H,1-5H3,(H2,26,27,28,29);2*1H/b30-22-;;. The van der Waals surface area contributed by atoms with E-state index in [-0.39, 0.29) is 8.77 Å². The molecule has 0 aliphatic rings. The van der Waals surface area contributed by atoms with Crippen molar-refractivity contribution in [2.75, 3.05) is 17.7 Å². The first-order chi connectivity index (χ1) is 14.9. The highest BCUT2D eigenvalue weighted by molar-refractivity contribution is 6.02. The maximum Gasteiger partial charge on any atom is 0.229 e. The van der Waals surface area contributed by atoms with Crippen molar-refractivity contribution in [1.29, 1.82) is 5.26 Å². The topological polar surface area (TPSA) is 95.2 Å². The summed E-state index contributed by atoms with van der Waals surface area (Å²) in [6, 6.07) is 15.3. The lowest BCUT2D eigenvalue weighted by molar-refractivity contribution is 0.212. The summed E-state index contributed by atoms with van der Waals surface area (Å²) in [7, 11) is 1.57. The van der Waals surface area contributed by atoms with Gasteiger partial charge in [0.15, 0.2) is 0 Å². The van der Waals surface area contributed by atoms with Crippen LogP contribution in [0.2, 0.25) is 0 Å². The predicted octanol–water partition coefficient (Wildman–Crippen LogP) is 5.95. The average Bonchev–Trinajstić information content (AvgIpc) is 2.75. The Balaban J connectivity index is 0.00000272. The van der Waals surface area contributed by atoms with Crippen molar-refractivity contribution in [1.82, 2.24) is 9.97 Å². The number of rotatable bonds is 7. The van der Waals surface area contributed by atoms with E-state index in [2.05, 4.69) is 71.7 Å². The first kappa shape index (κ1) is 21.8. The summed E-state index contributed by atoms with van der Waals surface area (Å²) in [5.74, 6) is 1.39. The van der Waals surface area contributed by atoms with Crippen molar-refractivity contribution in [3.05, 3.63) is 70.9 Å². The van der Waals surface area contributed by atoms with Gasteiger partial charge in [-0.1, -0.05) is 19.0 Å². The number of aromatic nitrogens is 2. The van der Waals surface area contributed by atoms with Gasteiger partial charge in [-0.15, -0.1) is 0 Å². The number of nitrogens with zero attached hydrogens (tertiary/aromatic N) is 4. The van der Waals surface area contributed by atoms with E-state index in [1.807, 2.05) is 18.2 Å². The highest BCUT2D eigenvalue weighted by atomic mass is 16.6. The van der Waals surface area contributed by atoms with Gasteiger partial charge in [0.2, 0.25) is 5.95 Å². The van der Waals surface area contributed by atoms with Gasteiger partial charge in [-0.05, 0) is 73.4 Å². The van der Waals surface area contributed by atoms with Gasteiger partial charge in [-0.25, -0.2) is 4.98 Å². The van der Waals surface area contributed by atoms with E-state index in [1.54, 1.807) is 25.4 Å². The predicted molar refractivity (Wildman–Crippen MR) is 128 cm³/mol. The number of nitriles is 1. The van der Waals surface area contributed by atoms with Crippen molar-refractivity contribution in [3.8, 4) is 6.07 Å². The zero-order chi connectivity index (χ0) is 22.4. The number of oxime groups is 1. The van der Waals surface area contributed by atoms with Gasteiger partial charge in [-0.2, -0.15) is 10.2 Å². The second-order valence-corrected chi connectivity index (χ2v) is 7.50. The Morgan fingerprint density at radius 3 is 2.35 bits per heavy atom.